The smallest absolute Gasteiger partial charge is 0.238 e. The van der Waals surface area contributed by atoms with E-state index in [4.69, 9.17) is 4.74 Å². The van der Waals surface area contributed by atoms with Gasteiger partial charge in [0, 0.05) is 17.8 Å². The quantitative estimate of drug-likeness (QED) is 0.840. The van der Waals surface area contributed by atoms with E-state index >= 15 is 0 Å². The van der Waals surface area contributed by atoms with Crippen LogP contribution >= 0.6 is 0 Å². The predicted molar refractivity (Wildman–Crippen MR) is 81.1 cm³/mol. The van der Waals surface area contributed by atoms with Crippen molar-refractivity contribution in [1.82, 2.24) is 5.32 Å². The van der Waals surface area contributed by atoms with Gasteiger partial charge in [0.15, 0.2) is 0 Å². The predicted octanol–water partition coefficient (Wildman–Crippen LogP) is 2.95. The van der Waals surface area contributed by atoms with Gasteiger partial charge in [-0.05, 0) is 31.9 Å². The van der Waals surface area contributed by atoms with Gasteiger partial charge >= 0.3 is 0 Å². The SMILES string of the molecule is CCOc1cccc(NC(=O)CNC2CCCCC2)c1. The van der Waals surface area contributed by atoms with E-state index in [1.165, 1.54) is 32.1 Å². The molecule has 0 saturated heterocycles. The molecule has 0 bridgehead atoms. The summed E-state index contributed by atoms with van der Waals surface area (Å²) in [5, 5.41) is 6.24. The number of carbonyl (C=O) groups is 1. The Balaban J connectivity index is 1.77. The topological polar surface area (TPSA) is 50.4 Å². The van der Waals surface area contributed by atoms with Crippen molar-refractivity contribution in [3.63, 3.8) is 0 Å². The van der Waals surface area contributed by atoms with Crippen molar-refractivity contribution in [2.45, 2.75) is 45.1 Å². The number of benzene rings is 1. The third-order valence-electron chi connectivity index (χ3n) is 3.59. The number of rotatable bonds is 6. The lowest BCUT2D eigenvalue weighted by Crippen LogP contribution is -2.37. The lowest BCUT2D eigenvalue weighted by molar-refractivity contribution is -0.115. The van der Waals surface area contributed by atoms with Gasteiger partial charge in [-0.3, -0.25) is 4.79 Å². The van der Waals surface area contributed by atoms with E-state index in [9.17, 15) is 4.79 Å². The van der Waals surface area contributed by atoms with Crippen LogP contribution in [0.25, 0.3) is 0 Å². The second-order valence-corrected chi connectivity index (χ2v) is 5.22. The van der Waals surface area contributed by atoms with Crippen molar-refractivity contribution < 1.29 is 9.53 Å². The van der Waals surface area contributed by atoms with Crippen LogP contribution in [0.1, 0.15) is 39.0 Å². The summed E-state index contributed by atoms with van der Waals surface area (Å²) in [6, 6.07) is 8.00. The molecule has 20 heavy (non-hydrogen) atoms. The van der Waals surface area contributed by atoms with E-state index in [0.29, 0.717) is 19.2 Å². The molecule has 2 rings (SSSR count). The van der Waals surface area contributed by atoms with Crippen LogP contribution in [-0.2, 0) is 4.79 Å². The van der Waals surface area contributed by atoms with E-state index < -0.39 is 0 Å². The number of carbonyl (C=O) groups excluding carboxylic acids is 1. The summed E-state index contributed by atoms with van der Waals surface area (Å²) in [4.78, 5) is 11.9. The monoisotopic (exact) mass is 276 g/mol. The van der Waals surface area contributed by atoms with Crippen molar-refractivity contribution in [1.29, 1.82) is 0 Å². The molecule has 0 heterocycles. The van der Waals surface area contributed by atoms with Gasteiger partial charge in [-0.25, -0.2) is 0 Å². The molecule has 1 aromatic carbocycles. The van der Waals surface area contributed by atoms with Gasteiger partial charge in [-0.2, -0.15) is 0 Å². The molecular weight excluding hydrogens is 252 g/mol. The fourth-order valence-corrected chi connectivity index (χ4v) is 2.58. The number of anilines is 1. The molecule has 0 radical (unpaired) electrons. The number of hydrogen-bond donors (Lipinski definition) is 2. The van der Waals surface area contributed by atoms with Crippen molar-refractivity contribution in [3.8, 4) is 5.75 Å². The largest absolute Gasteiger partial charge is 0.494 e. The van der Waals surface area contributed by atoms with E-state index in [1.807, 2.05) is 31.2 Å². The van der Waals surface area contributed by atoms with Crippen LogP contribution in [0.15, 0.2) is 24.3 Å². The molecule has 0 atom stereocenters. The lowest BCUT2D eigenvalue weighted by atomic mass is 9.95. The first-order valence-electron chi connectivity index (χ1n) is 7.54. The van der Waals surface area contributed by atoms with E-state index in [2.05, 4.69) is 10.6 Å². The van der Waals surface area contributed by atoms with Gasteiger partial charge in [0.25, 0.3) is 0 Å². The molecule has 4 nitrogen and oxygen atoms in total. The highest BCUT2D eigenvalue weighted by atomic mass is 16.5. The van der Waals surface area contributed by atoms with E-state index in [1.54, 1.807) is 0 Å². The third-order valence-corrected chi connectivity index (χ3v) is 3.59. The molecule has 0 unspecified atom stereocenters. The zero-order chi connectivity index (χ0) is 14.2. The van der Waals surface area contributed by atoms with Gasteiger partial charge in [-0.1, -0.05) is 25.3 Å². The van der Waals surface area contributed by atoms with Crippen LogP contribution in [0.5, 0.6) is 5.75 Å². The highest BCUT2D eigenvalue weighted by molar-refractivity contribution is 5.92. The third kappa shape index (κ3) is 4.85. The molecule has 0 spiro atoms. The fourth-order valence-electron chi connectivity index (χ4n) is 2.58. The van der Waals surface area contributed by atoms with E-state index in [-0.39, 0.29) is 5.91 Å². The molecule has 1 aromatic rings. The second kappa shape index (κ2) is 7.90. The van der Waals surface area contributed by atoms with Crippen molar-refractivity contribution in [3.05, 3.63) is 24.3 Å². The minimum Gasteiger partial charge on any atom is -0.494 e. The number of nitrogens with one attached hydrogen (secondary N) is 2. The Kier molecular flexibility index (Phi) is 5.87. The normalized spacial score (nSPS) is 15.8. The first-order valence-corrected chi connectivity index (χ1v) is 7.54. The fraction of sp³-hybridized carbons (Fsp3) is 0.562. The van der Waals surface area contributed by atoms with Gasteiger partial charge < -0.3 is 15.4 Å². The molecule has 0 aromatic heterocycles. The maximum Gasteiger partial charge on any atom is 0.238 e. The maximum atomic E-state index is 11.9. The molecule has 0 aliphatic heterocycles. The first-order chi connectivity index (χ1) is 9.78. The van der Waals surface area contributed by atoms with Crippen LogP contribution in [0.4, 0.5) is 5.69 Å². The highest BCUT2D eigenvalue weighted by Gasteiger charge is 2.13. The summed E-state index contributed by atoms with van der Waals surface area (Å²) >= 11 is 0. The molecule has 1 aliphatic carbocycles. The molecule has 4 heteroatoms. The molecular formula is C16H24N2O2. The van der Waals surface area contributed by atoms with Crippen molar-refractivity contribution in [2.75, 3.05) is 18.5 Å². The summed E-state index contributed by atoms with van der Waals surface area (Å²) in [7, 11) is 0. The Hall–Kier alpha value is -1.55. The van der Waals surface area contributed by atoms with Crippen LogP contribution in [-0.4, -0.2) is 25.1 Å². The van der Waals surface area contributed by atoms with Gasteiger partial charge in [0.1, 0.15) is 5.75 Å². The van der Waals surface area contributed by atoms with Crippen LogP contribution in [0.3, 0.4) is 0 Å². The summed E-state index contributed by atoms with van der Waals surface area (Å²) in [5.41, 5.74) is 0.784. The second-order valence-electron chi connectivity index (χ2n) is 5.22. The Morgan fingerprint density at radius 2 is 2.10 bits per heavy atom. The summed E-state index contributed by atoms with van der Waals surface area (Å²) in [5.74, 6) is 0.787. The summed E-state index contributed by atoms with van der Waals surface area (Å²) in [6.07, 6.45) is 6.25. The Bertz CT molecular complexity index is 428. The number of amides is 1. The highest BCUT2D eigenvalue weighted by Crippen LogP contribution is 2.18. The summed E-state index contributed by atoms with van der Waals surface area (Å²) in [6.45, 7) is 2.95. The Labute approximate surface area is 120 Å². The molecule has 1 fully saturated rings. The average molecular weight is 276 g/mol. The summed E-state index contributed by atoms with van der Waals surface area (Å²) < 4.78 is 5.42. The molecule has 1 amide bonds. The number of ether oxygens (including phenoxy) is 1. The van der Waals surface area contributed by atoms with E-state index in [0.717, 1.165) is 11.4 Å². The Morgan fingerprint density at radius 1 is 1.30 bits per heavy atom. The zero-order valence-corrected chi connectivity index (χ0v) is 12.2. The zero-order valence-electron chi connectivity index (χ0n) is 12.2. The first kappa shape index (κ1) is 14.9. The minimum absolute atomic E-state index is 0.00391. The maximum absolute atomic E-state index is 11.9. The van der Waals surface area contributed by atoms with Gasteiger partial charge in [0.2, 0.25) is 5.91 Å². The molecule has 2 N–H and O–H groups in total. The number of hydrogen-bond acceptors (Lipinski definition) is 3. The molecule has 110 valence electrons. The van der Waals surface area contributed by atoms with Gasteiger partial charge in [-0.15, -0.1) is 0 Å². The van der Waals surface area contributed by atoms with Crippen LogP contribution in [0.2, 0.25) is 0 Å². The van der Waals surface area contributed by atoms with Crippen molar-refractivity contribution >= 4 is 11.6 Å². The van der Waals surface area contributed by atoms with Crippen LogP contribution < -0.4 is 15.4 Å². The van der Waals surface area contributed by atoms with Crippen LogP contribution in [0, 0.1) is 0 Å². The average Bonchev–Trinajstić information content (AvgIpc) is 2.47. The van der Waals surface area contributed by atoms with Crippen molar-refractivity contribution in [2.24, 2.45) is 0 Å². The molecule has 1 saturated carbocycles. The standard InChI is InChI=1S/C16H24N2O2/c1-2-20-15-10-6-9-14(11-15)18-16(19)12-17-13-7-4-3-5-8-13/h6,9-11,13,17H,2-5,7-8,12H2,1H3,(H,18,19). The van der Waals surface area contributed by atoms with Gasteiger partial charge in [0.05, 0.1) is 13.2 Å². The lowest BCUT2D eigenvalue weighted by Gasteiger charge is -2.22. The molecule has 1 aliphatic rings. The minimum atomic E-state index is 0.00391. The Morgan fingerprint density at radius 3 is 2.85 bits per heavy atom.